The lowest BCUT2D eigenvalue weighted by atomic mass is 9.84. The highest BCUT2D eigenvalue weighted by atomic mass is 16.5. The van der Waals surface area contributed by atoms with Crippen molar-refractivity contribution in [3.63, 3.8) is 0 Å². The molecule has 0 radical (unpaired) electrons. The number of nitrogens with two attached hydrogens (primary N) is 1. The van der Waals surface area contributed by atoms with E-state index < -0.39 is 0 Å². The first kappa shape index (κ1) is 12.9. The minimum Gasteiger partial charge on any atom is -0.490 e. The minimum atomic E-state index is 0.387. The second-order valence-electron chi connectivity index (χ2n) is 4.92. The zero-order chi connectivity index (χ0) is 13.0. The van der Waals surface area contributed by atoms with Gasteiger partial charge in [-0.2, -0.15) is 0 Å². The summed E-state index contributed by atoms with van der Waals surface area (Å²) in [5.41, 5.74) is 5.77. The van der Waals surface area contributed by atoms with Gasteiger partial charge in [-0.3, -0.25) is 0 Å². The molecule has 5 heteroatoms. The molecule has 2 unspecified atom stereocenters. The predicted octanol–water partition coefficient (Wildman–Crippen LogP) is 2.45. The largest absolute Gasteiger partial charge is 0.490 e. The molecule has 1 aliphatic rings. The quantitative estimate of drug-likeness (QED) is 0.858. The van der Waals surface area contributed by atoms with E-state index in [0.29, 0.717) is 23.4 Å². The molecule has 3 N–H and O–H groups in total. The van der Waals surface area contributed by atoms with Gasteiger partial charge in [-0.1, -0.05) is 26.2 Å². The van der Waals surface area contributed by atoms with Gasteiger partial charge in [-0.05, 0) is 18.8 Å². The van der Waals surface area contributed by atoms with Crippen LogP contribution in [0.3, 0.4) is 0 Å². The molecule has 5 nitrogen and oxygen atoms in total. The van der Waals surface area contributed by atoms with Gasteiger partial charge < -0.3 is 15.8 Å². The molecule has 0 aliphatic heterocycles. The van der Waals surface area contributed by atoms with Crippen molar-refractivity contribution in [3.05, 3.63) is 6.33 Å². The normalized spacial score (nSPS) is 23.7. The summed E-state index contributed by atoms with van der Waals surface area (Å²) in [6.45, 7) is 2.26. The van der Waals surface area contributed by atoms with Crippen LogP contribution in [0, 0.1) is 5.92 Å². The van der Waals surface area contributed by atoms with Gasteiger partial charge in [0.1, 0.15) is 6.33 Å². The monoisotopic (exact) mass is 250 g/mol. The van der Waals surface area contributed by atoms with Crippen molar-refractivity contribution in [1.29, 1.82) is 0 Å². The van der Waals surface area contributed by atoms with E-state index in [1.807, 2.05) is 0 Å². The zero-order valence-electron chi connectivity index (χ0n) is 11.1. The maximum absolute atomic E-state index is 5.77. The average molecular weight is 250 g/mol. The first-order valence-electron chi connectivity index (χ1n) is 6.65. The van der Waals surface area contributed by atoms with E-state index in [-0.39, 0.29) is 0 Å². The van der Waals surface area contributed by atoms with Crippen molar-refractivity contribution >= 4 is 11.6 Å². The lowest BCUT2D eigenvalue weighted by Gasteiger charge is -2.29. The van der Waals surface area contributed by atoms with Crippen molar-refractivity contribution in [2.45, 2.75) is 45.1 Å². The highest BCUT2D eigenvalue weighted by molar-refractivity contribution is 5.61. The van der Waals surface area contributed by atoms with Gasteiger partial charge in [0.05, 0.1) is 7.11 Å². The Kier molecular flexibility index (Phi) is 4.23. The molecule has 2 atom stereocenters. The smallest absolute Gasteiger partial charge is 0.203 e. The third-order valence-corrected chi connectivity index (χ3v) is 3.74. The van der Waals surface area contributed by atoms with Crippen LogP contribution < -0.4 is 15.8 Å². The van der Waals surface area contributed by atoms with Crippen molar-refractivity contribution in [1.82, 2.24) is 9.97 Å². The highest BCUT2D eigenvalue weighted by Crippen LogP contribution is 2.32. The molecule has 1 heterocycles. The standard InChI is InChI=1S/C13H22N4O/c1-3-9-5-4-6-10(7-9)17-13-11(18-2)12(14)15-8-16-13/h8-10H,3-7H2,1-2H3,(H3,14,15,16,17). The van der Waals surface area contributed by atoms with Crippen LogP contribution in [0.25, 0.3) is 0 Å². The van der Waals surface area contributed by atoms with Gasteiger partial charge in [0.15, 0.2) is 11.6 Å². The van der Waals surface area contributed by atoms with Crippen LogP contribution in [-0.4, -0.2) is 23.1 Å². The lowest BCUT2D eigenvalue weighted by molar-refractivity contribution is 0.326. The Morgan fingerprint density at radius 3 is 3.00 bits per heavy atom. The molecule has 0 aromatic carbocycles. The van der Waals surface area contributed by atoms with E-state index in [4.69, 9.17) is 10.5 Å². The number of hydrogen-bond acceptors (Lipinski definition) is 5. The Hall–Kier alpha value is -1.52. The van der Waals surface area contributed by atoms with E-state index in [1.165, 1.54) is 38.4 Å². The zero-order valence-corrected chi connectivity index (χ0v) is 11.1. The Bertz CT molecular complexity index is 397. The Labute approximate surface area is 108 Å². The number of aromatic nitrogens is 2. The molecule has 0 spiro atoms. The maximum Gasteiger partial charge on any atom is 0.203 e. The summed E-state index contributed by atoms with van der Waals surface area (Å²) < 4.78 is 5.26. The summed E-state index contributed by atoms with van der Waals surface area (Å²) in [7, 11) is 1.59. The Morgan fingerprint density at radius 1 is 1.44 bits per heavy atom. The van der Waals surface area contributed by atoms with Crippen LogP contribution in [0.15, 0.2) is 6.33 Å². The Morgan fingerprint density at radius 2 is 2.28 bits per heavy atom. The van der Waals surface area contributed by atoms with Crippen molar-refractivity contribution < 1.29 is 4.74 Å². The molecule has 1 aliphatic carbocycles. The average Bonchev–Trinajstić information content (AvgIpc) is 2.39. The van der Waals surface area contributed by atoms with Crippen LogP contribution in [0.4, 0.5) is 11.6 Å². The first-order chi connectivity index (χ1) is 8.74. The van der Waals surface area contributed by atoms with Crippen LogP contribution in [0.1, 0.15) is 39.0 Å². The summed E-state index contributed by atoms with van der Waals surface area (Å²) in [4.78, 5) is 8.16. The fraction of sp³-hybridized carbons (Fsp3) is 0.692. The number of nitrogens with one attached hydrogen (secondary N) is 1. The van der Waals surface area contributed by atoms with Crippen LogP contribution >= 0.6 is 0 Å². The van der Waals surface area contributed by atoms with Gasteiger partial charge in [0.25, 0.3) is 0 Å². The first-order valence-corrected chi connectivity index (χ1v) is 6.65. The number of ether oxygens (including phenoxy) is 1. The molecule has 0 bridgehead atoms. The maximum atomic E-state index is 5.77. The molecule has 1 saturated carbocycles. The molecule has 0 saturated heterocycles. The summed E-state index contributed by atoms with van der Waals surface area (Å²) >= 11 is 0. The highest BCUT2D eigenvalue weighted by Gasteiger charge is 2.22. The summed E-state index contributed by atoms with van der Waals surface area (Å²) in [6, 6.07) is 0.465. The second-order valence-corrected chi connectivity index (χ2v) is 4.92. The fourth-order valence-corrected chi connectivity index (χ4v) is 2.68. The number of rotatable bonds is 4. The van der Waals surface area contributed by atoms with Gasteiger partial charge in [-0.15, -0.1) is 0 Å². The van der Waals surface area contributed by atoms with Gasteiger partial charge in [-0.25, -0.2) is 9.97 Å². The van der Waals surface area contributed by atoms with Crippen LogP contribution in [0.5, 0.6) is 5.75 Å². The minimum absolute atomic E-state index is 0.387. The molecule has 1 fully saturated rings. The van der Waals surface area contributed by atoms with Gasteiger partial charge in [0.2, 0.25) is 5.75 Å². The predicted molar refractivity (Wildman–Crippen MR) is 72.7 cm³/mol. The third-order valence-electron chi connectivity index (χ3n) is 3.74. The van der Waals surface area contributed by atoms with E-state index >= 15 is 0 Å². The number of anilines is 2. The fourth-order valence-electron chi connectivity index (χ4n) is 2.68. The lowest BCUT2D eigenvalue weighted by Crippen LogP contribution is -2.27. The van der Waals surface area contributed by atoms with Crippen LogP contribution in [0.2, 0.25) is 0 Å². The third kappa shape index (κ3) is 2.83. The SMILES string of the molecule is CCC1CCCC(Nc2ncnc(N)c2OC)C1. The number of hydrogen-bond donors (Lipinski definition) is 2. The molecule has 100 valence electrons. The van der Waals surface area contributed by atoms with Crippen molar-refractivity contribution in [2.24, 2.45) is 5.92 Å². The van der Waals surface area contributed by atoms with E-state index in [9.17, 15) is 0 Å². The molecule has 18 heavy (non-hydrogen) atoms. The van der Waals surface area contributed by atoms with Gasteiger partial charge >= 0.3 is 0 Å². The van der Waals surface area contributed by atoms with E-state index in [0.717, 1.165) is 5.92 Å². The van der Waals surface area contributed by atoms with Crippen molar-refractivity contribution in [3.8, 4) is 5.75 Å². The molecular weight excluding hydrogens is 228 g/mol. The Balaban J connectivity index is 2.07. The van der Waals surface area contributed by atoms with Gasteiger partial charge in [0, 0.05) is 6.04 Å². The van der Waals surface area contributed by atoms with E-state index in [2.05, 4.69) is 22.2 Å². The second kappa shape index (κ2) is 5.89. The number of nitrogen functional groups attached to an aromatic ring is 1. The summed E-state index contributed by atoms with van der Waals surface area (Å²) in [6.07, 6.45) is 7.73. The molecule has 2 rings (SSSR count). The molecule has 1 aromatic heterocycles. The topological polar surface area (TPSA) is 73.1 Å². The van der Waals surface area contributed by atoms with E-state index in [1.54, 1.807) is 7.11 Å². The number of methoxy groups -OCH3 is 1. The number of nitrogens with zero attached hydrogens (tertiary/aromatic N) is 2. The van der Waals surface area contributed by atoms with Crippen LogP contribution in [-0.2, 0) is 0 Å². The molecule has 0 amide bonds. The summed E-state index contributed by atoms with van der Waals surface area (Å²) in [5, 5.41) is 3.45. The molecule has 1 aromatic rings. The summed E-state index contributed by atoms with van der Waals surface area (Å²) in [5.74, 6) is 2.47. The molecular formula is C13H22N4O. The van der Waals surface area contributed by atoms with Crippen molar-refractivity contribution in [2.75, 3.05) is 18.2 Å².